The van der Waals surface area contributed by atoms with E-state index in [0.717, 1.165) is 49.2 Å². The van der Waals surface area contributed by atoms with Crippen LogP contribution in [-0.4, -0.2) is 59.9 Å². The highest BCUT2D eigenvalue weighted by molar-refractivity contribution is 7.89. The largest absolute Gasteiger partial charge is 0.334 e. The lowest BCUT2D eigenvalue weighted by molar-refractivity contribution is 0.182. The molecule has 6 nitrogen and oxygen atoms in total. The number of fused-ring (bicyclic) bond motifs is 1. The maximum absolute atomic E-state index is 13.1. The molecule has 0 bridgehead atoms. The van der Waals surface area contributed by atoms with Crippen molar-refractivity contribution in [3.05, 3.63) is 60.7 Å². The van der Waals surface area contributed by atoms with Crippen molar-refractivity contribution in [1.29, 1.82) is 0 Å². The zero-order chi connectivity index (χ0) is 19.6. The van der Waals surface area contributed by atoms with Crippen molar-refractivity contribution in [3.63, 3.8) is 0 Å². The van der Waals surface area contributed by atoms with Gasteiger partial charge in [-0.2, -0.15) is 4.31 Å². The van der Waals surface area contributed by atoms with Gasteiger partial charge in [0.05, 0.1) is 4.90 Å². The predicted molar refractivity (Wildman–Crippen MR) is 111 cm³/mol. The molecule has 1 fully saturated rings. The second-order valence-corrected chi connectivity index (χ2v) is 9.08. The highest BCUT2D eigenvalue weighted by Gasteiger charge is 2.28. The Bertz CT molecular complexity index is 1050. The van der Waals surface area contributed by atoms with Gasteiger partial charge in [-0.3, -0.25) is 4.90 Å². The molecule has 2 aromatic carbocycles. The van der Waals surface area contributed by atoms with Crippen LogP contribution in [0.1, 0.15) is 12.7 Å². The van der Waals surface area contributed by atoms with E-state index in [2.05, 4.69) is 21.4 Å². The molecule has 1 aromatic heterocycles. The number of nitrogens with zero attached hydrogens (tertiary/aromatic N) is 4. The molecule has 0 aliphatic carbocycles. The van der Waals surface area contributed by atoms with Crippen molar-refractivity contribution in [2.75, 3.05) is 32.7 Å². The molecular formula is C21H26N4O2S. The van der Waals surface area contributed by atoms with Crippen LogP contribution >= 0.6 is 0 Å². The van der Waals surface area contributed by atoms with Crippen molar-refractivity contribution in [3.8, 4) is 0 Å². The summed E-state index contributed by atoms with van der Waals surface area (Å²) in [4.78, 5) is 7.06. The van der Waals surface area contributed by atoms with E-state index in [0.29, 0.717) is 18.0 Å². The van der Waals surface area contributed by atoms with Gasteiger partial charge in [-0.15, -0.1) is 0 Å². The topological polar surface area (TPSA) is 58.4 Å². The van der Waals surface area contributed by atoms with Crippen LogP contribution < -0.4 is 0 Å². The fraction of sp³-hybridized carbons (Fsp3) is 0.381. The molecule has 148 valence electrons. The lowest BCUT2D eigenvalue weighted by Gasteiger charge is -2.34. The number of benzene rings is 2. The molecule has 1 aliphatic rings. The maximum atomic E-state index is 13.1. The first-order valence-corrected chi connectivity index (χ1v) is 11.2. The van der Waals surface area contributed by atoms with Crippen LogP contribution in [0.25, 0.3) is 10.8 Å². The van der Waals surface area contributed by atoms with Gasteiger partial charge in [0.15, 0.2) is 0 Å². The Hall–Kier alpha value is -2.22. The van der Waals surface area contributed by atoms with Crippen molar-refractivity contribution in [2.45, 2.75) is 24.8 Å². The Morgan fingerprint density at radius 3 is 2.46 bits per heavy atom. The summed E-state index contributed by atoms with van der Waals surface area (Å²) >= 11 is 0. The van der Waals surface area contributed by atoms with Crippen molar-refractivity contribution < 1.29 is 8.42 Å². The summed E-state index contributed by atoms with van der Waals surface area (Å²) in [6.07, 6.45) is 4.77. The lowest BCUT2D eigenvalue weighted by atomic mass is 10.1. The van der Waals surface area contributed by atoms with Crippen LogP contribution in [0.5, 0.6) is 0 Å². The average Bonchev–Trinajstić information content (AvgIpc) is 3.20. The third-order valence-electron chi connectivity index (χ3n) is 5.47. The maximum Gasteiger partial charge on any atom is 0.243 e. The Labute approximate surface area is 166 Å². The quantitative estimate of drug-likeness (QED) is 0.640. The van der Waals surface area contributed by atoms with Gasteiger partial charge in [0.1, 0.15) is 5.82 Å². The molecule has 1 saturated heterocycles. The van der Waals surface area contributed by atoms with Gasteiger partial charge in [0, 0.05) is 58.1 Å². The van der Waals surface area contributed by atoms with Gasteiger partial charge in [-0.25, -0.2) is 13.4 Å². The smallest absolute Gasteiger partial charge is 0.243 e. The highest BCUT2D eigenvalue weighted by atomic mass is 32.2. The van der Waals surface area contributed by atoms with Crippen molar-refractivity contribution in [2.24, 2.45) is 0 Å². The SMILES string of the molecule is CCc1nccn1CCN1CCN(S(=O)(=O)c2ccc3ccccc3c2)CC1. The Balaban J connectivity index is 1.39. The van der Waals surface area contributed by atoms with E-state index < -0.39 is 10.0 Å². The normalized spacial score (nSPS) is 16.6. The minimum Gasteiger partial charge on any atom is -0.334 e. The molecular weight excluding hydrogens is 372 g/mol. The summed E-state index contributed by atoms with van der Waals surface area (Å²) in [5, 5.41) is 2.01. The predicted octanol–water partition coefficient (Wildman–Crippen LogP) is 2.61. The van der Waals surface area contributed by atoms with Crippen LogP contribution in [0, 0.1) is 0 Å². The van der Waals surface area contributed by atoms with E-state index >= 15 is 0 Å². The number of hydrogen-bond donors (Lipinski definition) is 0. The molecule has 0 unspecified atom stereocenters. The lowest BCUT2D eigenvalue weighted by Crippen LogP contribution is -2.49. The number of aromatic nitrogens is 2. The van der Waals surface area contributed by atoms with E-state index in [1.165, 1.54) is 0 Å². The highest BCUT2D eigenvalue weighted by Crippen LogP contribution is 2.22. The number of imidazole rings is 1. The Morgan fingerprint density at radius 2 is 1.71 bits per heavy atom. The molecule has 0 spiro atoms. The first-order chi connectivity index (χ1) is 13.6. The molecule has 2 heterocycles. The fourth-order valence-electron chi connectivity index (χ4n) is 3.78. The number of piperazine rings is 1. The number of aryl methyl sites for hydroxylation is 1. The molecule has 4 rings (SSSR count). The Kier molecular flexibility index (Phi) is 5.48. The number of rotatable bonds is 6. The molecule has 7 heteroatoms. The van der Waals surface area contributed by atoms with Crippen molar-refractivity contribution >= 4 is 20.8 Å². The van der Waals surface area contributed by atoms with E-state index in [1.54, 1.807) is 16.4 Å². The first kappa shape index (κ1) is 19.1. The molecule has 3 aromatic rings. The second-order valence-electron chi connectivity index (χ2n) is 7.15. The third kappa shape index (κ3) is 3.83. The molecule has 28 heavy (non-hydrogen) atoms. The van der Waals surface area contributed by atoms with Crippen molar-refractivity contribution in [1.82, 2.24) is 18.8 Å². The molecule has 0 N–H and O–H groups in total. The van der Waals surface area contributed by atoms with Gasteiger partial charge >= 0.3 is 0 Å². The minimum atomic E-state index is -3.45. The summed E-state index contributed by atoms with van der Waals surface area (Å²) in [5.74, 6) is 1.09. The monoisotopic (exact) mass is 398 g/mol. The van der Waals surface area contributed by atoms with Gasteiger partial charge in [-0.1, -0.05) is 37.3 Å². The molecule has 0 atom stereocenters. The van der Waals surface area contributed by atoms with Crippen LogP contribution in [0.15, 0.2) is 59.8 Å². The van der Waals surface area contributed by atoms with E-state index in [9.17, 15) is 8.42 Å². The summed E-state index contributed by atoms with van der Waals surface area (Å²) in [5.41, 5.74) is 0. The number of sulfonamides is 1. The van der Waals surface area contributed by atoms with E-state index in [1.807, 2.05) is 42.7 Å². The molecule has 0 radical (unpaired) electrons. The van der Waals surface area contributed by atoms with Crippen LogP contribution in [0.4, 0.5) is 0 Å². The van der Waals surface area contributed by atoms with Crippen LogP contribution in [0.2, 0.25) is 0 Å². The first-order valence-electron chi connectivity index (χ1n) is 9.79. The van der Waals surface area contributed by atoms with Crippen LogP contribution in [-0.2, 0) is 23.0 Å². The van der Waals surface area contributed by atoms with E-state index in [-0.39, 0.29) is 0 Å². The zero-order valence-electron chi connectivity index (χ0n) is 16.2. The third-order valence-corrected chi connectivity index (χ3v) is 7.36. The van der Waals surface area contributed by atoms with E-state index in [4.69, 9.17) is 0 Å². The summed E-state index contributed by atoms with van der Waals surface area (Å²) < 4.78 is 29.9. The fourth-order valence-corrected chi connectivity index (χ4v) is 5.24. The summed E-state index contributed by atoms with van der Waals surface area (Å²) in [6, 6.07) is 13.2. The average molecular weight is 399 g/mol. The van der Waals surface area contributed by atoms with Gasteiger partial charge in [-0.05, 0) is 22.9 Å². The summed E-state index contributed by atoms with van der Waals surface area (Å²) in [7, 11) is -3.45. The summed E-state index contributed by atoms with van der Waals surface area (Å²) in [6.45, 7) is 6.47. The molecule has 0 amide bonds. The van der Waals surface area contributed by atoms with Gasteiger partial charge < -0.3 is 4.57 Å². The van der Waals surface area contributed by atoms with Gasteiger partial charge in [0.25, 0.3) is 0 Å². The molecule has 1 aliphatic heterocycles. The standard InChI is InChI=1S/C21H26N4O2S/c1-2-21-22-9-10-24(21)14-11-23-12-15-25(16-13-23)28(26,27)20-8-7-18-5-3-4-6-19(18)17-20/h3-10,17H,2,11-16H2,1H3. The molecule has 0 saturated carbocycles. The number of hydrogen-bond acceptors (Lipinski definition) is 4. The Morgan fingerprint density at radius 1 is 0.964 bits per heavy atom. The second kappa shape index (κ2) is 8.03. The minimum absolute atomic E-state index is 0.380. The van der Waals surface area contributed by atoms with Gasteiger partial charge in [0.2, 0.25) is 10.0 Å². The zero-order valence-corrected chi connectivity index (χ0v) is 17.0. The van der Waals surface area contributed by atoms with Crippen LogP contribution in [0.3, 0.4) is 0 Å².